The maximum atomic E-state index is 12.9. The number of anilines is 3. The van der Waals surface area contributed by atoms with E-state index in [1.807, 2.05) is 60.7 Å². The molecule has 0 saturated carbocycles. The van der Waals surface area contributed by atoms with Crippen LogP contribution in [0.1, 0.15) is 0 Å². The van der Waals surface area contributed by atoms with Crippen molar-refractivity contribution in [3.05, 3.63) is 60.7 Å². The summed E-state index contributed by atoms with van der Waals surface area (Å²) in [5.41, 5.74) is 2.57. The summed E-state index contributed by atoms with van der Waals surface area (Å²) in [5, 5.41) is 8.50. The zero-order valence-electron chi connectivity index (χ0n) is 14.0. The summed E-state index contributed by atoms with van der Waals surface area (Å²) in [6.07, 6.45) is 0. The number of carbonyl (C=O) groups is 1. The third-order valence-corrected chi connectivity index (χ3v) is 4.42. The quantitative estimate of drug-likeness (QED) is 0.735. The second-order valence-electron chi connectivity index (χ2n) is 5.92. The molecule has 0 saturated heterocycles. The molecule has 1 aliphatic rings. The summed E-state index contributed by atoms with van der Waals surface area (Å²) in [5.74, 6) is 0.766. The van der Waals surface area contributed by atoms with Gasteiger partial charge in [-0.1, -0.05) is 36.4 Å². The Hall–Kier alpha value is -3.21. The van der Waals surface area contributed by atoms with Crippen LogP contribution in [0.5, 0.6) is 5.75 Å². The number of urea groups is 1. The average Bonchev–Trinajstić information content (AvgIpc) is 2.67. The maximum absolute atomic E-state index is 12.9. The van der Waals surface area contributed by atoms with E-state index in [2.05, 4.69) is 10.6 Å². The number of nitrogens with one attached hydrogen (secondary N) is 2. The molecule has 0 fully saturated rings. The molecular formula is C20H19N3O2. The van der Waals surface area contributed by atoms with Gasteiger partial charge in [-0.2, -0.15) is 0 Å². The topological polar surface area (TPSA) is 53.6 Å². The van der Waals surface area contributed by atoms with Crippen LogP contribution < -0.4 is 20.3 Å². The molecule has 2 amide bonds. The lowest BCUT2D eigenvalue weighted by atomic mass is 10.1. The second kappa shape index (κ2) is 6.36. The van der Waals surface area contributed by atoms with Gasteiger partial charge in [0, 0.05) is 24.5 Å². The molecule has 3 aromatic carbocycles. The predicted octanol–water partition coefficient (Wildman–Crippen LogP) is 4.31. The highest BCUT2D eigenvalue weighted by molar-refractivity contribution is 6.08. The lowest BCUT2D eigenvalue weighted by Crippen LogP contribution is -2.41. The van der Waals surface area contributed by atoms with Crippen molar-refractivity contribution in [2.24, 2.45) is 0 Å². The minimum atomic E-state index is -0.135. The molecule has 4 rings (SSSR count). The first-order chi connectivity index (χ1) is 12.3. The van der Waals surface area contributed by atoms with Crippen molar-refractivity contribution in [3.63, 3.8) is 0 Å². The molecule has 1 heterocycles. The molecule has 2 N–H and O–H groups in total. The van der Waals surface area contributed by atoms with E-state index in [0.717, 1.165) is 33.6 Å². The molecule has 25 heavy (non-hydrogen) atoms. The molecule has 0 unspecified atom stereocenters. The van der Waals surface area contributed by atoms with Crippen molar-refractivity contribution >= 4 is 33.9 Å². The first-order valence-corrected chi connectivity index (χ1v) is 8.24. The number of hydrogen-bond acceptors (Lipinski definition) is 3. The minimum absolute atomic E-state index is 0.135. The lowest BCUT2D eigenvalue weighted by molar-refractivity contribution is 0.257. The van der Waals surface area contributed by atoms with Crippen LogP contribution in [0.25, 0.3) is 10.8 Å². The summed E-state index contributed by atoms with van der Waals surface area (Å²) in [6, 6.07) is 19.5. The third-order valence-electron chi connectivity index (χ3n) is 4.42. The fraction of sp³-hybridized carbons (Fsp3) is 0.150. The Morgan fingerprint density at radius 2 is 1.96 bits per heavy atom. The second-order valence-corrected chi connectivity index (χ2v) is 5.92. The van der Waals surface area contributed by atoms with Gasteiger partial charge in [0.25, 0.3) is 0 Å². The van der Waals surface area contributed by atoms with Crippen molar-refractivity contribution in [2.45, 2.75) is 0 Å². The number of nitrogens with zero attached hydrogens (tertiary/aromatic N) is 1. The van der Waals surface area contributed by atoms with Gasteiger partial charge in [0.1, 0.15) is 5.75 Å². The lowest BCUT2D eigenvalue weighted by Gasteiger charge is -2.30. The Labute approximate surface area is 146 Å². The molecular weight excluding hydrogens is 314 g/mol. The number of fused-ring (bicyclic) bond motifs is 2. The molecule has 0 aliphatic carbocycles. The molecule has 3 aromatic rings. The van der Waals surface area contributed by atoms with Crippen LogP contribution in [0.4, 0.5) is 21.9 Å². The summed E-state index contributed by atoms with van der Waals surface area (Å²) in [4.78, 5) is 14.6. The van der Waals surface area contributed by atoms with Gasteiger partial charge in [-0.15, -0.1) is 0 Å². The van der Waals surface area contributed by atoms with Crippen LogP contribution in [0.3, 0.4) is 0 Å². The molecule has 0 atom stereocenters. The van der Waals surface area contributed by atoms with Gasteiger partial charge in [-0.25, -0.2) is 4.79 Å². The van der Waals surface area contributed by atoms with E-state index < -0.39 is 0 Å². The summed E-state index contributed by atoms with van der Waals surface area (Å²) in [6.45, 7) is 1.30. The summed E-state index contributed by atoms with van der Waals surface area (Å²) >= 11 is 0. The number of rotatable bonds is 2. The molecule has 1 aliphatic heterocycles. The Kier molecular flexibility index (Phi) is 3.90. The highest BCUT2D eigenvalue weighted by Gasteiger charge is 2.23. The monoisotopic (exact) mass is 333 g/mol. The van der Waals surface area contributed by atoms with Crippen molar-refractivity contribution in [2.75, 3.05) is 35.7 Å². The molecule has 0 spiro atoms. The maximum Gasteiger partial charge on any atom is 0.326 e. The number of amides is 2. The number of methoxy groups -OCH3 is 1. The van der Waals surface area contributed by atoms with Gasteiger partial charge < -0.3 is 15.4 Å². The van der Waals surface area contributed by atoms with Crippen LogP contribution in [0.15, 0.2) is 60.7 Å². The summed E-state index contributed by atoms with van der Waals surface area (Å²) in [7, 11) is 1.63. The molecule has 0 aromatic heterocycles. The normalized spacial score (nSPS) is 13.1. The van der Waals surface area contributed by atoms with Gasteiger partial charge in [-0.3, -0.25) is 4.90 Å². The van der Waals surface area contributed by atoms with Crippen LogP contribution in [-0.4, -0.2) is 26.2 Å². The van der Waals surface area contributed by atoms with E-state index in [4.69, 9.17) is 4.74 Å². The highest BCUT2D eigenvalue weighted by atomic mass is 16.5. The first kappa shape index (κ1) is 15.3. The van der Waals surface area contributed by atoms with Crippen molar-refractivity contribution in [3.8, 4) is 5.75 Å². The van der Waals surface area contributed by atoms with E-state index in [-0.39, 0.29) is 6.03 Å². The largest absolute Gasteiger partial charge is 0.497 e. The zero-order valence-corrected chi connectivity index (χ0v) is 14.0. The fourth-order valence-corrected chi connectivity index (χ4v) is 3.17. The molecule has 5 heteroatoms. The number of benzene rings is 3. The van der Waals surface area contributed by atoms with Gasteiger partial charge in [-0.05, 0) is 23.6 Å². The molecule has 5 nitrogen and oxygen atoms in total. The standard InChI is InChI=1S/C20H19N3O2/c1-25-15-9-10-19-18(13-15)21-11-12-23(19)20(24)22-17-8-4-6-14-5-2-3-7-16(14)17/h2-10,13,21H,11-12H2,1H3,(H,22,24). The van der Waals surface area contributed by atoms with E-state index in [9.17, 15) is 4.79 Å². The Morgan fingerprint density at radius 1 is 1.12 bits per heavy atom. The Balaban J connectivity index is 1.64. The van der Waals surface area contributed by atoms with E-state index in [1.54, 1.807) is 12.0 Å². The number of ether oxygens (including phenoxy) is 1. The number of carbonyl (C=O) groups excluding carboxylic acids is 1. The SMILES string of the molecule is COc1ccc2c(c1)NCCN2C(=O)Nc1cccc2ccccc12. The molecule has 126 valence electrons. The predicted molar refractivity (Wildman–Crippen MR) is 102 cm³/mol. The van der Waals surface area contributed by atoms with Crippen molar-refractivity contribution in [1.29, 1.82) is 0 Å². The highest BCUT2D eigenvalue weighted by Crippen LogP contribution is 2.33. The van der Waals surface area contributed by atoms with Crippen molar-refractivity contribution in [1.82, 2.24) is 0 Å². The zero-order chi connectivity index (χ0) is 17.2. The first-order valence-electron chi connectivity index (χ1n) is 8.24. The number of hydrogen-bond donors (Lipinski definition) is 2. The van der Waals surface area contributed by atoms with Crippen molar-refractivity contribution < 1.29 is 9.53 Å². The minimum Gasteiger partial charge on any atom is -0.497 e. The van der Waals surface area contributed by atoms with Crippen LogP contribution >= 0.6 is 0 Å². The van der Waals surface area contributed by atoms with Gasteiger partial charge in [0.15, 0.2) is 0 Å². The van der Waals surface area contributed by atoms with Gasteiger partial charge in [0.2, 0.25) is 0 Å². The smallest absolute Gasteiger partial charge is 0.326 e. The van der Waals surface area contributed by atoms with E-state index in [0.29, 0.717) is 13.1 Å². The van der Waals surface area contributed by atoms with Crippen LogP contribution in [0.2, 0.25) is 0 Å². The van der Waals surface area contributed by atoms with E-state index in [1.165, 1.54) is 0 Å². The van der Waals surface area contributed by atoms with Crippen LogP contribution in [-0.2, 0) is 0 Å². The molecule has 0 radical (unpaired) electrons. The van der Waals surface area contributed by atoms with Gasteiger partial charge >= 0.3 is 6.03 Å². The summed E-state index contributed by atoms with van der Waals surface area (Å²) < 4.78 is 5.26. The third kappa shape index (κ3) is 2.85. The Morgan fingerprint density at radius 3 is 2.84 bits per heavy atom. The van der Waals surface area contributed by atoms with Crippen LogP contribution in [0, 0.1) is 0 Å². The molecule has 0 bridgehead atoms. The Bertz CT molecular complexity index is 934. The van der Waals surface area contributed by atoms with Gasteiger partial charge in [0.05, 0.1) is 24.2 Å². The fourth-order valence-electron chi connectivity index (χ4n) is 3.17. The average molecular weight is 333 g/mol. The van der Waals surface area contributed by atoms with E-state index >= 15 is 0 Å².